The van der Waals surface area contributed by atoms with Crippen LogP contribution in [-0.2, 0) is 65.4 Å². The van der Waals surface area contributed by atoms with Gasteiger partial charge >= 0.3 is 39.5 Å². The van der Waals surface area contributed by atoms with Crippen LogP contribution in [0.2, 0.25) is 0 Å². The van der Waals surface area contributed by atoms with Gasteiger partial charge in [-0.3, -0.25) is 37.3 Å². The molecule has 5 atom stereocenters. The summed E-state index contributed by atoms with van der Waals surface area (Å²) in [4.78, 5) is 73.1. The number of aliphatic hydroxyl groups is 1. The number of phosphoric acid groups is 2. The van der Waals surface area contributed by atoms with E-state index in [9.17, 15) is 43.2 Å². The summed E-state index contributed by atoms with van der Waals surface area (Å²) in [5, 5.41) is 10.7. The molecule has 0 aromatic carbocycles. The average Bonchev–Trinajstić information content (AvgIpc) is 0.922. The maximum atomic E-state index is 13.1. The first-order valence-corrected chi connectivity index (χ1v) is 45.8. The maximum Gasteiger partial charge on any atom is 0.472 e. The van der Waals surface area contributed by atoms with Crippen LogP contribution in [0.3, 0.4) is 0 Å². The van der Waals surface area contributed by atoms with Gasteiger partial charge < -0.3 is 33.8 Å². The molecule has 0 aliphatic carbocycles. The Kier molecular flexibility index (Phi) is 73.2. The first-order chi connectivity index (χ1) is 49.9. The predicted molar refractivity (Wildman–Crippen MR) is 423 cm³/mol. The molecule has 19 heteroatoms. The van der Waals surface area contributed by atoms with Gasteiger partial charge in [-0.15, -0.1) is 0 Å². The van der Waals surface area contributed by atoms with Crippen molar-refractivity contribution in [2.75, 3.05) is 39.6 Å². The lowest BCUT2D eigenvalue weighted by molar-refractivity contribution is -0.161. The highest BCUT2D eigenvalue weighted by Gasteiger charge is 2.30. The lowest BCUT2D eigenvalue weighted by atomic mass is 10.0. The Morgan fingerprint density at radius 3 is 0.796 bits per heavy atom. The SMILES string of the molecule is CCCCCC/C=C\C=C/CCCCCCCC(=O)O[C@H](COC(=O)CCCCCCCCCCCCC)COP(=O)(O)OC[C@H](O)COP(=O)(O)OC[C@@H](COC(=O)CCCCCCCCCCCCCCCCCC(C)C)OC(=O)CCCCCCCCCCCCCCCCCCC(C)C. The van der Waals surface area contributed by atoms with Gasteiger partial charge in [-0.2, -0.15) is 0 Å². The van der Waals surface area contributed by atoms with Gasteiger partial charge in [0.2, 0.25) is 0 Å². The molecule has 17 nitrogen and oxygen atoms in total. The first kappa shape index (κ1) is 101. The van der Waals surface area contributed by atoms with Gasteiger partial charge in [-0.25, -0.2) is 9.13 Å². The second-order valence-electron chi connectivity index (χ2n) is 30.5. The number of esters is 4. The standard InChI is InChI=1S/C84H160O17P2/c1-7-9-11-13-15-17-19-20-24-32-38-44-50-56-62-68-83(88)100-79(72-94-81(86)66-60-54-48-42-34-18-16-14-12-10-8-2)74-98-102(90,91)96-70-78(85)71-97-103(92,93)99-75-80(73-95-82(87)67-61-55-49-43-37-31-28-23-26-30-36-41-47-53-59-65-77(5)6)101-84(89)69-63-57-51-45-39-33-27-22-21-25-29-35-40-46-52-58-64-76(3)4/h17,19-20,24,76-80,85H,7-16,18,21-23,25-75H2,1-6H3,(H,90,91)(H,92,93)/b19-17-,24-20-/t78-,79+,80+/m0/s1. The summed E-state index contributed by atoms with van der Waals surface area (Å²) in [6, 6.07) is 0. The summed E-state index contributed by atoms with van der Waals surface area (Å²) < 4.78 is 68.8. The molecule has 0 saturated carbocycles. The van der Waals surface area contributed by atoms with Crippen molar-refractivity contribution in [3.8, 4) is 0 Å². The van der Waals surface area contributed by atoms with Crippen molar-refractivity contribution in [1.82, 2.24) is 0 Å². The highest BCUT2D eigenvalue weighted by Crippen LogP contribution is 2.45. The molecule has 0 aromatic rings. The Balaban J connectivity index is 5.28. The van der Waals surface area contributed by atoms with E-state index < -0.39 is 97.5 Å². The summed E-state index contributed by atoms with van der Waals surface area (Å²) in [6.07, 6.45) is 68.7. The van der Waals surface area contributed by atoms with Crippen LogP contribution in [0.5, 0.6) is 0 Å². The highest BCUT2D eigenvalue weighted by molar-refractivity contribution is 7.47. The summed E-state index contributed by atoms with van der Waals surface area (Å²) in [5.74, 6) is -0.521. The number of phosphoric ester groups is 2. The van der Waals surface area contributed by atoms with Gasteiger partial charge in [-0.05, 0) is 63.2 Å². The zero-order valence-electron chi connectivity index (χ0n) is 67.1. The van der Waals surface area contributed by atoms with Crippen LogP contribution in [0.1, 0.15) is 420 Å². The molecule has 0 rings (SSSR count). The second kappa shape index (κ2) is 75.0. The Bertz CT molecular complexity index is 2070. The van der Waals surface area contributed by atoms with Crippen LogP contribution >= 0.6 is 15.6 Å². The lowest BCUT2D eigenvalue weighted by Crippen LogP contribution is -2.30. The quantitative estimate of drug-likeness (QED) is 0.0169. The molecule has 0 bridgehead atoms. The minimum absolute atomic E-state index is 0.0855. The van der Waals surface area contributed by atoms with Crippen molar-refractivity contribution in [1.29, 1.82) is 0 Å². The van der Waals surface area contributed by atoms with Gasteiger partial charge in [0.1, 0.15) is 19.3 Å². The number of hydrogen-bond acceptors (Lipinski definition) is 15. The smallest absolute Gasteiger partial charge is 0.462 e. The molecule has 0 spiro atoms. The molecule has 103 heavy (non-hydrogen) atoms. The lowest BCUT2D eigenvalue weighted by Gasteiger charge is -2.21. The molecular weight excluding hydrogens is 1340 g/mol. The maximum absolute atomic E-state index is 13.1. The molecule has 0 aliphatic heterocycles. The van der Waals surface area contributed by atoms with Gasteiger partial charge in [0.15, 0.2) is 12.2 Å². The van der Waals surface area contributed by atoms with E-state index in [-0.39, 0.29) is 25.7 Å². The Morgan fingerprint density at radius 1 is 0.301 bits per heavy atom. The van der Waals surface area contributed by atoms with Crippen LogP contribution in [-0.4, -0.2) is 96.7 Å². The number of hydrogen-bond donors (Lipinski definition) is 3. The van der Waals surface area contributed by atoms with Crippen molar-refractivity contribution in [2.45, 2.75) is 439 Å². The fourth-order valence-electron chi connectivity index (χ4n) is 12.5. The van der Waals surface area contributed by atoms with E-state index in [1.807, 2.05) is 0 Å². The number of aliphatic hydroxyl groups excluding tert-OH is 1. The van der Waals surface area contributed by atoms with E-state index in [2.05, 4.69) is 65.8 Å². The van der Waals surface area contributed by atoms with Gasteiger partial charge in [0.05, 0.1) is 26.4 Å². The number of ether oxygens (including phenoxy) is 4. The van der Waals surface area contributed by atoms with Crippen molar-refractivity contribution in [3.05, 3.63) is 24.3 Å². The molecule has 0 fully saturated rings. The molecular formula is C84H160O17P2. The minimum atomic E-state index is -4.97. The van der Waals surface area contributed by atoms with E-state index in [0.29, 0.717) is 25.7 Å². The van der Waals surface area contributed by atoms with Crippen LogP contribution < -0.4 is 0 Å². The zero-order valence-corrected chi connectivity index (χ0v) is 68.9. The molecule has 0 aromatic heterocycles. The fourth-order valence-corrected chi connectivity index (χ4v) is 14.1. The Hall–Kier alpha value is -2.46. The Labute approximate surface area is 631 Å². The normalized spacial score (nSPS) is 14.0. The largest absolute Gasteiger partial charge is 0.472 e. The fraction of sp³-hybridized carbons (Fsp3) is 0.905. The van der Waals surface area contributed by atoms with E-state index in [4.69, 9.17) is 37.0 Å². The third-order valence-corrected chi connectivity index (χ3v) is 21.0. The number of carbonyl (C=O) groups excluding carboxylic acids is 4. The van der Waals surface area contributed by atoms with Gasteiger partial charge in [-0.1, -0.05) is 368 Å². The van der Waals surface area contributed by atoms with Crippen LogP contribution in [0.4, 0.5) is 0 Å². The van der Waals surface area contributed by atoms with Crippen molar-refractivity contribution in [3.63, 3.8) is 0 Å². The minimum Gasteiger partial charge on any atom is -0.462 e. The highest BCUT2D eigenvalue weighted by atomic mass is 31.2. The number of carbonyl (C=O) groups is 4. The summed E-state index contributed by atoms with van der Waals surface area (Å²) in [7, 11) is -9.94. The van der Waals surface area contributed by atoms with E-state index in [1.54, 1.807) is 0 Å². The average molecular weight is 1500 g/mol. The monoisotopic (exact) mass is 1500 g/mol. The zero-order chi connectivity index (χ0) is 75.6. The molecule has 2 unspecified atom stereocenters. The number of rotatable bonds is 81. The molecule has 3 N–H and O–H groups in total. The number of unbranched alkanes of at least 4 members (excludes halogenated alkanes) is 48. The van der Waals surface area contributed by atoms with E-state index in [0.717, 1.165) is 115 Å². The molecule has 0 amide bonds. The van der Waals surface area contributed by atoms with Crippen molar-refractivity contribution < 1.29 is 80.2 Å². The van der Waals surface area contributed by atoms with Gasteiger partial charge in [0.25, 0.3) is 0 Å². The number of allylic oxidation sites excluding steroid dienone is 4. The third-order valence-electron chi connectivity index (χ3n) is 19.1. The van der Waals surface area contributed by atoms with Crippen molar-refractivity contribution >= 4 is 39.5 Å². The van der Waals surface area contributed by atoms with E-state index >= 15 is 0 Å². The predicted octanol–water partition coefficient (Wildman–Crippen LogP) is 25.0. The van der Waals surface area contributed by atoms with Crippen LogP contribution in [0.15, 0.2) is 24.3 Å². The summed E-state index contributed by atoms with van der Waals surface area (Å²) in [5.41, 5.74) is 0. The van der Waals surface area contributed by atoms with Gasteiger partial charge in [0, 0.05) is 25.7 Å². The second-order valence-corrected chi connectivity index (χ2v) is 33.4. The van der Waals surface area contributed by atoms with E-state index in [1.165, 1.54) is 225 Å². The molecule has 0 radical (unpaired) electrons. The topological polar surface area (TPSA) is 237 Å². The Morgan fingerprint density at radius 2 is 0.524 bits per heavy atom. The molecule has 0 heterocycles. The van der Waals surface area contributed by atoms with Crippen molar-refractivity contribution in [2.24, 2.45) is 11.8 Å². The first-order valence-electron chi connectivity index (χ1n) is 42.8. The third kappa shape index (κ3) is 77.5. The summed E-state index contributed by atoms with van der Waals surface area (Å²) in [6.45, 7) is 9.64. The van der Waals surface area contributed by atoms with Crippen LogP contribution in [0.25, 0.3) is 0 Å². The van der Waals surface area contributed by atoms with Crippen LogP contribution in [0, 0.1) is 11.8 Å². The molecule has 608 valence electrons. The molecule has 0 saturated heterocycles. The summed E-state index contributed by atoms with van der Waals surface area (Å²) >= 11 is 0. The molecule has 0 aliphatic rings.